The maximum absolute atomic E-state index is 10.5. The number of nitrogens with one attached hydrogen (secondary N) is 1. The van der Waals surface area contributed by atoms with Gasteiger partial charge in [0.1, 0.15) is 0 Å². The summed E-state index contributed by atoms with van der Waals surface area (Å²) in [6, 6.07) is 0.562. The van der Waals surface area contributed by atoms with Crippen molar-refractivity contribution in [1.82, 2.24) is 5.32 Å². The Bertz CT molecular complexity index is 308. The number of unbranched alkanes of at least 4 members (excludes halogenated alkanes) is 1. The van der Waals surface area contributed by atoms with Crippen LogP contribution in [0.15, 0.2) is 0 Å². The molecular formula is C15H31N3O4Pt. The molecule has 0 amide bonds. The van der Waals surface area contributed by atoms with Gasteiger partial charge in [0.05, 0.1) is 0 Å². The van der Waals surface area contributed by atoms with Crippen LogP contribution in [-0.2, 0) is 30.7 Å². The normalized spacial score (nSPS) is 20.2. The van der Waals surface area contributed by atoms with E-state index >= 15 is 0 Å². The maximum Gasteiger partial charge on any atom is 0.317 e. The maximum atomic E-state index is 10.5. The van der Waals surface area contributed by atoms with Crippen molar-refractivity contribution in [3.63, 3.8) is 0 Å². The fourth-order valence-electron chi connectivity index (χ4n) is 2.32. The van der Waals surface area contributed by atoms with E-state index in [1.807, 2.05) is 6.92 Å². The smallest absolute Gasteiger partial charge is 0.317 e. The van der Waals surface area contributed by atoms with Gasteiger partial charge in [0.15, 0.2) is 5.92 Å². The molecule has 7 N–H and O–H groups in total. The molecule has 0 bridgehead atoms. The number of aliphatic carboxylic acids is 2. The molecule has 23 heavy (non-hydrogen) atoms. The summed E-state index contributed by atoms with van der Waals surface area (Å²) >= 11 is 0. The summed E-state index contributed by atoms with van der Waals surface area (Å²) in [6.45, 7) is 3.67. The molecule has 0 saturated heterocycles. The molecule has 8 heteroatoms. The Balaban J connectivity index is 0. The number of carboxylic acids is 2. The predicted octanol–water partition coefficient (Wildman–Crippen LogP) is 0.764. The van der Waals surface area contributed by atoms with Crippen LogP contribution >= 0.6 is 0 Å². The Kier molecular flexibility index (Phi) is 16.2. The van der Waals surface area contributed by atoms with Crippen molar-refractivity contribution in [3.05, 3.63) is 0 Å². The first-order valence-corrected chi connectivity index (χ1v) is 8.07. The molecule has 7 nitrogen and oxygen atoms in total. The molecule has 1 aliphatic rings. The van der Waals surface area contributed by atoms with Crippen molar-refractivity contribution in [2.45, 2.75) is 64.0 Å². The van der Waals surface area contributed by atoms with Gasteiger partial charge in [0, 0.05) is 33.1 Å². The van der Waals surface area contributed by atoms with E-state index in [0.717, 1.165) is 32.4 Å². The molecular weight excluding hydrogens is 481 g/mol. The number of rotatable bonds is 8. The summed E-state index contributed by atoms with van der Waals surface area (Å²) < 4.78 is 0. The molecule has 1 fully saturated rings. The molecule has 1 aliphatic carbocycles. The third-order valence-corrected chi connectivity index (χ3v) is 3.82. The Morgan fingerprint density at radius 2 is 1.57 bits per heavy atom. The van der Waals surface area contributed by atoms with Crippen molar-refractivity contribution < 1.29 is 40.9 Å². The molecule has 0 heterocycles. The van der Waals surface area contributed by atoms with Gasteiger partial charge in [0.25, 0.3) is 0 Å². The van der Waals surface area contributed by atoms with Crippen LogP contribution in [0.3, 0.4) is 0 Å². The van der Waals surface area contributed by atoms with Gasteiger partial charge in [-0.3, -0.25) is 9.59 Å². The molecule has 0 unspecified atom stereocenters. The zero-order valence-electron chi connectivity index (χ0n) is 13.8. The SMILES string of the molecule is CCNCCCCC(C(=O)O)C(=O)O.N[C@@H]1CCCC[C@H]1N.[Pt]. The minimum absolute atomic E-state index is 0. The quantitative estimate of drug-likeness (QED) is 0.239. The van der Waals surface area contributed by atoms with E-state index in [0.29, 0.717) is 6.42 Å². The summed E-state index contributed by atoms with van der Waals surface area (Å²) in [4.78, 5) is 20.9. The molecule has 0 radical (unpaired) electrons. The van der Waals surface area contributed by atoms with E-state index in [4.69, 9.17) is 21.7 Å². The third kappa shape index (κ3) is 12.6. The average molecular weight is 513 g/mol. The first kappa shape index (κ1) is 24.8. The number of carbonyl (C=O) groups is 2. The van der Waals surface area contributed by atoms with E-state index in [-0.39, 0.29) is 39.6 Å². The summed E-state index contributed by atoms with van der Waals surface area (Å²) in [5, 5.41) is 20.2. The van der Waals surface area contributed by atoms with Crippen molar-refractivity contribution in [2.24, 2.45) is 17.4 Å². The van der Waals surface area contributed by atoms with Crippen LogP contribution in [0.1, 0.15) is 51.9 Å². The zero-order valence-corrected chi connectivity index (χ0v) is 16.1. The average Bonchev–Trinajstić information content (AvgIpc) is 2.46. The van der Waals surface area contributed by atoms with E-state index in [2.05, 4.69) is 5.32 Å². The second-order valence-corrected chi connectivity index (χ2v) is 5.69. The predicted molar refractivity (Wildman–Crippen MR) is 85.6 cm³/mol. The van der Waals surface area contributed by atoms with Crippen LogP contribution in [-0.4, -0.2) is 47.3 Å². The van der Waals surface area contributed by atoms with Crippen LogP contribution in [0.2, 0.25) is 0 Å². The van der Waals surface area contributed by atoms with Gasteiger partial charge in [-0.05, 0) is 38.8 Å². The van der Waals surface area contributed by atoms with E-state index in [1.54, 1.807) is 0 Å². The Hall–Kier alpha value is -0.492. The standard InChI is InChI=1S/C9H17NO4.C6H14N2.Pt/c1-2-10-6-4-3-5-7(8(11)12)9(13)14;7-5-3-1-2-4-6(5)8;/h7,10H,2-6H2,1H3,(H,11,12)(H,13,14);5-6H,1-4,7-8H2;/t;5-,6-;/m.1./s1. The third-order valence-electron chi connectivity index (χ3n) is 3.82. The van der Waals surface area contributed by atoms with Crippen molar-refractivity contribution >= 4 is 11.9 Å². The van der Waals surface area contributed by atoms with Gasteiger partial charge in [-0.25, -0.2) is 0 Å². The van der Waals surface area contributed by atoms with Crippen molar-refractivity contribution in [2.75, 3.05) is 13.1 Å². The van der Waals surface area contributed by atoms with Gasteiger partial charge in [0.2, 0.25) is 0 Å². The molecule has 2 atom stereocenters. The molecule has 0 aromatic heterocycles. The van der Waals surface area contributed by atoms with Crippen LogP contribution in [0.25, 0.3) is 0 Å². The van der Waals surface area contributed by atoms with Crippen LogP contribution in [0.5, 0.6) is 0 Å². The Morgan fingerprint density at radius 3 is 1.91 bits per heavy atom. The monoisotopic (exact) mass is 512 g/mol. The molecule has 0 spiro atoms. The van der Waals surface area contributed by atoms with Gasteiger partial charge in [-0.2, -0.15) is 0 Å². The van der Waals surface area contributed by atoms with Crippen molar-refractivity contribution in [1.29, 1.82) is 0 Å². The van der Waals surface area contributed by atoms with Gasteiger partial charge >= 0.3 is 11.9 Å². The Labute approximate surface area is 152 Å². The van der Waals surface area contributed by atoms with Crippen LogP contribution in [0, 0.1) is 5.92 Å². The second-order valence-electron chi connectivity index (χ2n) is 5.69. The van der Waals surface area contributed by atoms with Gasteiger partial charge in [-0.1, -0.05) is 26.2 Å². The van der Waals surface area contributed by atoms with E-state index < -0.39 is 17.9 Å². The number of hydrogen-bond donors (Lipinski definition) is 5. The molecule has 1 rings (SSSR count). The summed E-state index contributed by atoms with van der Waals surface area (Å²) in [5.74, 6) is -3.75. The summed E-state index contributed by atoms with van der Waals surface area (Å²) in [5.41, 5.74) is 11.3. The fourth-order valence-corrected chi connectivity index (χ4v) is 2.32. The van der Waals surface area contributed by atoms with E-state index in [9.17, 15) is 9.59 Å². The van der Waals surface area contributed by atoms with Gasteiger partial charge in [-0.15, -0.1) is 0 Å². The number of hydrogen-bond acceptors (Lipinski definition) is 5. The largest absolute Gasteiger partial charge is 0.481 e. The topological polar surface area (TPSA) is 139 Å². The molecule has 140 valence electrons. The first-order chi connectivity index (χ1) is 10.4. The van der Waals surface area contributed by atoms with Crippen molar-refractivity contribution in [3.8, 4) is 0 Å². The molecule has 0 aliphatic heterocycles. The minimum Gasteiger partial charge on any atom is -0.481 e. The fraction of sp³-hybridized carbons (Fsp3) is 0.867. The zero-order chi connectivity index (χ0) is 17.0. The minimum atomic E-state index is -1.25. The van der Waals surface area contributed by atoms with Crippen LogP contribution in [0.4, 0.5) is 0 Å². The van der Waals surface area contributed by atoms with E-state index in [1.165, 1.54) is 12.8 Å². The summed E-state index contributed by atoms with van der Waals surface area (Å²) in [6.07, 6.45) is 6.43. The second kappa shape index (κ2) is 15.1. The number of carboxylic acid groups (broad SMARTS) is 2. The van der Waals surface area contributed by atoms with Gasteiger partial charge < -0.3 is 27.0 Å². The Morgan fingerprint density at radius 1 is 1.09 bits per heavy atom. The molecule has 0 aromatic carbocycles. The summed E-state index contributed by atoms with van der Waals surface area (Å²) in [7, 11) is 0. The number of nitrogens with two attached hydrogens (primary N) is 2. The van der Waals surface area contributed by atoms with Crippen LogP contribution < -0.4 is 16.8 Å². The first-order valence-electron chi connectivity index (χ1n) is 8.07. The molecule has 0 aromatic rings. The molecule has 1 saturated carbocycles.